The third-order valence-electron chi connectivity index (χ3n) is 5.11. The Morgan fingerprint density at radius 3 is 2.86 bits per heavy atom. The smallest absolute Gasteiger partial charge is 0.123 e. The van der Waals surface area contributed by atoms with Gasteiger partial charge in [0.05, 0.1) is 0 Å². The van der Waals surface area contributed by atoms with Gasteiger partial charge in [-0.15, -0.1) is 0 Å². The van der Waals surface area contributed by atoms with Crippen LogP contribution in [0.2, 0.25) is 0 Å². The van der Waals surface area contributed by atoms with Gasteiger partial charge in [0.2, 0.25) is 0 Å². The van der Waals surface area contributed by atoms with E-state index in [1.165, 1.54) is 44.7 Å². The van der Waals surface area contributed by atoms with Crippen LogP contribution in [0.25, 0.3) is 0 Å². The van der Waals surface area contributed by atoms with Crippen LogP contribution in [-0.4, -0.2) is 37.1 Å². The second-order valence-corrected chi connectivity index (χ2v) is 6.64. The SMILES string of the molecule is Fc1cccc(CCN2CCNC(C3CCCCC3)C2)c1. The van der Waals surface area contributed by atoms with Crippen molar-refractivity contribution in [1.29, 1.82) is 0 Å². The van der Waals surface area contributed by atoms with Gasteiger partial charge in [-0.25, -0.2) is 4.39 Å². The number of benzene rings is 1. The molecule has 1 aromatic carbocycles. The zero-order valence-corrected chi connectivity index (χ0v) is 12.9. The third kappa shape index (κ3) is 4.27. The van der Waals surface area contributed by atoms with Crippen LogP contribution in [0.3, 0.4) is 0 Å². The lowest BCUT2D eigenvalue weighted by Gasteiger charge is -2.39. The fraction of sp³-hybridized carbons (Fsp3) is 0.667. The second-order valence-electron chi connectivity index (χ2n) is 6.64. The van der Waals surface area contributed by atoms with Crippen LogP contribution in [0.1, 0.15) is 37.7 Å². The topological polar surface area (TPSA) is 15.3 Å². The van der Waals surface area contributed by atoms with Crippen LogP contribution in [0, 0.1) is 11.7 Å². The molecule has 1 aromatic rings. The monoisotopic (exact) mass is 290 g/mol. The molecule has 1 unspecified atom stereocenters. The molecule has 1 atom stereocenters. The Kier molecular flexibility index (Phi) is 5.26. The predicted octanol–water partition coefficient (Wildman–Crippen LogP) is 3.22. The lowest BCUT2D eigenvalue weighted by atomic mass is 9.83. The lowest BCUT2D eigenvalue weighted by molar-refractivity contribution is 0.147. The second kappa shape index (κ2) is 7.37. The molecule has 21 heavy (non-hydrogen) atoms. The molecule has 1 aliphatic carbocycles. The molecule has 3 rings (SSSR count). The van der Waals surface area contributed by atoms with E-state index in [2.05, 4.69) is 10.2 Å². The fourth-order valence-corrected chi connectivity index (χ4v) is 3.88. The minimum absolute atomic E-state index is 0.118. The average Bonchev–Trinajstić information content (AvgIpc) is 2.54. The summed E-state index contributed by atoms with van der Waals surface area (Å²) in [6, 6.07) is 7.71. The van der Waals surface area contributed by atoms with Crippen molar-refractivity contribution in [3.63, 3.8) is 0 Å². The Morgan fingerprint density at radius 2 is 2.05 bits per heavy atom. The molecule has 0 spiro atoms. The first-order valence-electron chi connectivity index (χ1n) is 8.51. The molecule has 0 amide bonds. The Balaban J connectivity index is 1.49. The highest BCUT2D eigenvalue weighted by atomic mass is 19.1. The van der Waals surface area contributed by atoms with Gasteiger partial charge in [0.1, 0.15) is 5.82 Å². The van der Waals surface area contributed by atoms with E-state index in [9.17, 15) is 4.39 Å². The van der Waals surface area contributed by atoms with Crippen molar-refractivity contribution in [2.75, 3.05) is 26.2 Å². The Labute approximate surface area is 127 Å². The largest absolute Gasteiger partial charge is 0.311 e. The molecule has 3 heteroatoms. The number of hydrogen-bond acceptors (Lipinski definition) is 2. The number of piperazine rings is 1. The highest BCUT2D eigenvalue weighted by molar-refractivity contribution is 5.16. The molecule has 2 fully saturated rings. The molecule has 1 saturated carbocycles. The molecule has 1 heterocycles. The van der Waals surface area contributed by atoms with Gasteiger partial charge in [0.25, 0.3) is 0 Å². The predicted molar refractivity (Wildman–Crippen MR) is 84.9 cm³/mol. The maximum absolute atomic E-state index is 13.2. The maximum atomic E-state index is 13.2. The Bertz CT molecular complexity index is 443. The highest BCUT2D eigenvalue weighted by Crippen LogP contribution is 2.27. The Morgan fingerprint density at radius 1 is 1.19 bits per heavy atom. The summed E-state index contributed by atoms with van der Waals surface area (Å²) in [6.45, 7) is 4.44. The summed E-state index contributed by atoms with van der Waals surface area (Å²) >= 11 is 0. The van der Waals surface area contributed by atoms with E-state index in [1.807, 2.05) is 12.1 Å². The van der Waals surface area contributed by atoms with Crippen molar-refractivity contribution >= 4 is 0 Å². The van der Waals surface area contributed by atoms with E-state index < -0.39 is 0 Å². The van der Waals surface area contributed by atoms with Crippen molar-refractivity contribution in [2.45, 2.75) is 44.6 Å². The van der Waals surface area contributed by atoms with E-state index in [1.54, 1.807) is 6.07 Å². The summed E-state index contributed by atoms with van der Waals surface area (Å²) < 4.78 is 13.2. The summed E-state index contributed by atoms with van der Waals surface area (Å²) in [5.74, 6) is 0.753. The van der Waals surface area contributed by atoms with Gasteiger partial charge in [-0.2, -0.15) is 0 Å². The van der Waals surface area contributed by atoms with Gasteiger partial charge in [-0.3, -0.25) is 0 Å². The van der Waals surface area contributed by atoms with Crippen molar-refractivity contribution in [3.8, 4) is 0 Å². The van der Waals surface area contributed by atoms with Crippen LogP contribution in [-0.2, 0) is 6.42 Å². The van der Waals surface area contributed by atoms with Gasteiger partial charge in [-0.1, -0.05) is 31.4 Å². The average molecular weight is 290 g/mol. The van der Waals surface area contributed by atoms with E-state index >= 15 is 0 Å². The van der Waals surface area contributed by atoms with Crippen LogP contribution in [0.5, 0.6) is 0 Å². The zero-order valence-electron chi connectivity index (χ0n) is 12.9. The van der Waals surface area contributed by atoms with Crippen LogP contribution >= 0.6 is 0 Å². The van der Waals surface area contributed by atoms with Crippen molar-refractivity contribution in [3.05, 3.63) is 35.6 Å². The van der Waals surface area contributed by atoms with Crippen molar-refractivity contribution < 1.29 is 4.39 Å². The van der Waals surface area contributed by atoms with Crippen LogP contribution in [0.4, 0.5) is 4.39 Å². The summed E-state index contributed by atoms with van der Waals surface area (Å²) in [6.07, 6.45) is 7.99. The van der Waals surface area contributed by atoms with Gasteiger partial charge in [0, 0.05) is 32.2 Å². The number of nitrogens with one attached hydrogen (secondary N) is 1. The molecule has 0 radical (unpaired) electrons. The molecule has 1 N–H and O–H groups in total. The normalized spacial score (nSPS) is 25.1. The number of halogens is 1. The molecular formula is C18H27FN2. The van der Waals surface area contributed by atoms with Gasteiger partial charge in [-0.05, 0) is 42.9 Å². The number of rotatable bonds is 4. The van der Waals surface area contributed by atoms with Crippen LogP contribution in [0.15, 0.2) is 24.3 Å². The molecule has 0 aromatic heterocycles. The molecule has 1 aliphatic heterocycles. The van der Waals surface area contributed by atoms with Crippen LogP contribution < -0.4 is 5.32 Å². The molecular weight excluding hydrogens is 263 g/mol. The molecule has 2 aliphatic rings. The first kappa shape index (κ1) is 15.0. The summed E-state index contributed by atoms with van der Waals surface area (Å²) in [5.41, 5.74) is 1.11. The summed E-state index contributed by atoms with van der Waals surface area (Å²) in [7, 11) is 0. The minimum Gasteiger partial charge on any atom is -0.311 e. The van der Waals surface area contributed by atoms with E-state index in [0.29, 0.717) is 6.04 Å². The van der Waals surface area contributed by atoms with E-state index in [-0.39, 0.29) is 5.82 Å². The van der Waals surface area contributed by atoms with Crippen molar-refractivity contribution in [2.24, 2.45) is 5.92 Å². The molecule has 1 saturated heterocycles. The quantitative estimate of drug-likeness (QED) is 0.916. The summed E-state index contributed by atoms with van der Waals surface area (Å²) in [5, 5.41) is 3.72. The van der Waals surface area contributed by atoms with Crippen molar-refractivity contribution in [1.82, 2.24) is 10.2 Å². The maximum Gasteiger partial charge on any atom is 0.123 e. The zero-order chi connectivity index (χ0) is 14.5. The molecule has 0 bridgehead atoms. The summed E-state index contributed by atoms with van der Waals surface area (Å²) in [4.78, 5) is 2.56. The first-order valence-corrected chi connectivity index (χ1v) is 8.51. The Hall–Kier alpha value is -0.930. The fourth-order valence-electron chi connectivity index (χ4n) is 3.88. The third-order valence-corrected chi connectivity index (χ3v) is 5.11. The van der Waals surface area contributed by atoms with E-state index in [4.69, 9.17) is 0 Å². The van der Waals surface area contributed by atoms with Gasteiger partial charge in [0.15, 0.2) is 0 Å². The first-order chi connectivity index (χ1) is 10.3. The lowest BCUT2D eigenvalue weighted by Crippen LogP contribution is -2.54. The number of hydrogen-bond donors (Lipinski definition) is 1. The minimum atomic E-state index is -0.118. The van der Waals surface area contributed by atoms with E-state index in [0.717, 1.165) is 37.5 Å². The molecule has 116 valence electrons. The molecule has 2 nitrogen and oxygen atoms in total. The van der Waals surface area contributed by atoms with Gasteiger partial charge < -0.3 is 10.2 Å². The number of nitrogens with zero attached hydrogens (tertiary/aromatic N) is 1. The highest BCUT2D eigenvalue weighted by Gasteiger charge is 2.27. The standard InChI is InChI=1S/C18H27FN2/c19-17-8-4-5-15(13-17)9-11-21-12-10-20-18(14-21)16-6-2-1-3-7-16/h4-5,8,13,16,18,20H,1-3,6-7,9-12,14H2. The van der Waals surface area contributed by atoms with Gasteiger partial charge >= 0.3 is 0 Å².